The van der Waals surface area contributed by atoms with Crippen molar-refractivity contribution in [1.29, 1.82) is 0 Å². The number of rotatable bonds is 4. The van der Waals surface area contributed by atoms with E-state index in [0.717, 1.165) is 0 Å². The normalized spacial score (nSPS) is 10.2. The molecule has 0 atom stereocenters. The van der Waals surface area contributed by atoms with Crippen molar-refractivity contribution in [3.63, 3.8) is 0 Å². The predicted octanol–water partition coefficient (Wildman–Crippen LogP) is 2.32. The molecule has 7 nitrogen and oxygen atoms in total. The van der Waals surface area contributed by atoms with Crippen LogP contribution in [0.1, 0.15) is 17.3 Å². The van der Waals surface area contributed by atoms with Gasteiger partial charge in [-0.25, -0.2) is 0 Å². The van der Waals surface area contributed by atoms with Crippen molar-refractivity contribution in [3.8, 4) is 11.6 Å². The van der Waals surface area contributed by atoms with E-state index in [1.54, 1.807) is 25.2 Å². The van der Waals surface area contributed by atoms with Crippen molar-refractivity contribution >= 4 is 11.6 Å². The van der Waals surface area contributed by atoms with Crippen LogP contribution < -0.4 is 4.74 Å². The lowest BCUT2D eigenvalue weighted by Gasteiger charge is -2.06. The summed E-state index contributed by atoms with van der Waals surface area (Å²) in [5.74, 6) is -0.106. The Hall–Kier alpha value is -2.70. The Morgan fingerprint density at radius 1 is 1.47 bits per heavy atom. The van der Waals surface area contributed by atoms with Crippen LogP contribution in [0.5, 0.6) is 11.6 Å². The lowest BCUT2D eigenvalue weighted by molar-refractivity contribution is -0.390. The van der Waals surface area contributed by atoms with E-state index in [2.05, 4.69) is 4.98 Å². The second kappa shape index (κ2) is 4.89. The first-order valence-electron chi connectivity index (χ1n) is 5.43. The lowest BCUT2D eigenvalue weighted by atomic mass is 10.1. The van der Waals surface area contributed by atoms with Gasteiger partial charge >= 0.3 is 11.7 Å². The molecular weight excluding hydrogens is 250 g/mol. The summed E-state index contributed by atoms with van der Waals surface area (Å²) in [4.78, 5) is 25.1. The molecule has 98 valence electrons. The Bertz CT molecular complexity index is 648. The third-order valence-electron chi connectivity index (χ3n) is 2.49. The smallest absolute Gasteiger partial charge is 0.427 e. The molecule has 0 aliphatic carbocycles. The van der Waals surface area contributed by atoms with Gasteiger partial charge in [0.1, 0.15) is 5.75 Å². The molecule has 0 N–H and O–H groups in total. The highest BCUT2D eigenvalue weighted by atomic mass is 16.6. The molecule has 0 aliphatic heterocycles. The van der Waals surface area contributed by atoms with Crippen LogP contribution in [0, 0.1) is 10.1 Å². The molecule has 0 bridgehead atoms. The van der Waals surface area contributed by atoms with E-state index in [9.17, 15) is 14.9 Å². The number of carbonyl (C=O) groups excluding carboxylic acids is 1. The molecule has 0 saturated carbocycles. The van der Waals surface area contributed by atoms with Crippen molar-refractivity contribution < 1.29 is 14.5 Å². The molecule has 19 heavy (non-hydrogen) atoms. The minimum absolute atomic E-state index is 0.0192. The molecule has 1 aromatic carbocycles. The van der Waals surface area contributed by atoms with Gasteiger partial charge in [0, 0.05) is 12.6 Å². The van der Waals surface area contributed by atoms with Crippen LogP contribution in [-0.2, 0) is 7.05 Å². The standard InChI is InChI=1S/C12H11N3O4/c1-8(16)9-4-3-5-10(6-9)19-12-11(15(17)18)13-7-14(12)2/h3-7H,1-2H3. The summed E-state index contributed by atoms with van der Waals surface area (Å²) in [5.41, 5.74) is 0.474. The molecule has 0 spiro atoms. The molecular formula is C12H11N3O4. The van der Waals surface area contributed by atoms with Gasteiger partial charge in [-0.15, -0.1) is 0 Å². The molecule has 0 amide bonds. The van der Waals surface area contributed by atoms with Gasteiger partial charge in [-0.05, 0) is 29.0 Å². The van der Waals surface area contributed by atoms with Gasteiger partial charge in [-0.2, -0.15) is 0 Å². The zero-order valence-electron chi connectivity index (χ0n) is 10.4. The van der Waals surface area contributed by atoms with Gasteiger partial charge in [0.25, 0.3) is 0 Å². The summed E-state index contributed by atoms with van der Waals surface area (Å²) in [6.07, 6.45) is 1.29. The van der Waals surface area contributed by atoms with Crippen LogP contribution in [0.25, 0.3) is 0 Å². The van der Waals surface area contributed by atoms with E-state index >= 15 is 0 Å². The monoisotopic (exact) mass is 261 g/mol. The number of hydrogen-bond donors (Lipinski definition) is 0. The van der Waals surface area contributed by atoms with Crippen molar-refractivity contribution in [2.24, 2.45) is 7.05 Å². The number of ketones is 1. The Balaban J connectivity index is 2.36. The molecule has 1 heterocycles. The minimum atomic E-state index is -0.621. The highest BCUT2D eigenvalue weighted by Crippen LogP contribution is 2.29. The second-order valence-corrected chi connectivity index (χ2v) is 3.93. The number of aryl methyl sites for hydroxylation is 1. The van der Waals surface area contributed by atoms with E-state index in [4.69, 9.17) is 4.74 Å². The molecule has 0 unspecified atom stereocenters. The van der Waals surface area contributed by atoms with Gasteiger partial charge < -0.3 is 14.9 Å². The summed E-state index contributed by atoms with van der Waals surface area (Å²) in [7, 11) is 1.59. The van der Waals surface area contributed by atoms with Crippen LogP contribution in [0.3, 0.4) is 0 Å². The summed E-state index contributed by atoms with van der Waals surface area (Å²) in [6, 6.07) is 6.43. The van der Waals surface area contributed by atoms with Crippen molar-refractivity contribution in [2.45, 2.75) is 6.92 Å². The van der Waals surface area contributed by atoms with Crippen LogP contribution in [0.15, 0.2) is 30.6 Å². The van der Waals surface area contributed by atoms with Crippen molar-refractivity contribution in [3.05, 3.63) is 46.3 Å². The number of Topliss-reactive ketones (excluding diaryl/α,β-unsaturated/α-hetero) is 1. The van der Waals surface area contributed by atoms with E-state index in [1.807, 2.05) is 0 Å². The zero-order chi connectivity index (χ0) is 14.0. The number of benzene rings is 1. The molecule has 2 rings (SSSR count). The SMILES string of the molecule is CC(=O)c1cccc(Oc2c([N+](=O)[O-])ncn2C)c1. The van der Waals surface area contributed by atoms with Gasteiger partial charge in [0.15, 0.2) is 5.78 Å². The maximum absolute atomic E-state index is 11.3. The minimum Gasteiger partial charge on any atom is -0.434 e. The molecule has 0 saturated heterocycles. The number of nitro groups is 1. The third-order valence-corrected chi connectivity index (χ3v) is 2.49. The van der Waals surface area contributed by atoms with Crippen molar-refractivity contribution in [1.82, 2.24) is 9.55 Å². The number of hydrogen-bond acceptors (Lipinski definition) is 5. The fourth-order valence-electron chi connectivity index (χ4n) is 1.54. The van der Waals surface area contributed by atoms with Crippen LogP contribution >= 0.6 is 0 Å². The number of aromatic nitrogens is 2. The third kappa shape index (κ3) is 2.59. The number of carbonyl (C=O) groups is 1. The first-order chi connectivity index (χ1) is 8.99. The second-order valence-electron chi connectivity index (χ2n) is 3.93. The topological polar surface area (TPSA) is 87.3 Å². The van der Waals surface area contributed by atoms with Crippen molar-refractivity contribution in [2.75, 3.05) is 0 Å². The molecule has 0 fully saturated rings. The van der Waals surface area contributed by atoms with E-state index in [-0.39, 0.29) is 17.5 Å². The maximum Gasteiger partial charge on any atom is 0.427 e. The largest absolute Gasteiger partial charge is 0.434 e. The average molecular weight is 261 g/mol. The average Bonchev–Trinajstić information content (AvgIpc) is 2.71. The molecule has 2 aromatic rings. The van der Waals surface area contributed by atoms with E-state index in [0.29, 0.717) is 11.3 Å². The van der Waals surface area contributed by atoms with Gasteiger partial charge in [0.05, 0.1) is 0 Å². The molecule has 0 radical (unpaired) electrons. The fourth-order valence-corrected chi connectivity index (χ4v) is 1.54. The van der Waals surface area contributed by atoms with Crippen LogP contribution in [0.4, 0.5) is 5.82 Å². The molecule has 1 aromatic heterocycles. The number of ether oxygens (including phenoxy) is 1. The summed E-state index contributed by atoms with van der Waals surface area (Å²) < 4.78 is 6.84. The predicted molar refractivity (Wildman–Crippen MR) is 66.4 cm³/mol. The lowest BCUT2D eigenvalue weighted by Crippen LogP contribution is -1.98. The van der Waals surface area contributed by atoms with E-state index < -0.39 is 4.92 Å². The van der Waals surface area contributed by atoms with Gasteiger partial charge in [-0.3, -0.25) is 9.36 Å². The number of nitrogens with zero attached hydrogens (tertiary/aromatic N) is 3. The van der Waals surface area contributed by atoms with Gasteiger partial charge in [0.2, 0.25) is 6.33 Å². The quantitative estimate of drug-likeness (QED) is 0.479. The highest BCUT2D eigenvalue weighted by Gasteiger charge is 2.22. The zero-order valence-corrected chi connectivity index (χ0v) is 10.4. The Labute approximate surface area is 108 Å². The van der Waals surface area contributed by atoms with E-state index in [1.165, 1.54) is 23.9 Å². The highest BCUT2D eigenvalue weighted by molar-refractivity contribution is 5.94. The Morgan fingerprint density at radius 3 is 2.84 bits per heavy atom. The number of imidazole rings is 1. The Kier molecular flexibility index (Phi) is 3.28. The maximum atomic E-state index is 11.3. The first kappa shape index (κ1) is 12.7. The summed E-state index contributed by atoms with van der Waals surface area (Å²) >= 11 is 0. The first-order valence-corrected chi connectivity index (χ1v) is 5.43. The summed E-state index contributed by atoms with van der Waals surface area (Å²) in [6.45, 7) is 1.44. The molecule has 0 aliphatic rings. The van der Waals surface area contributed by atoms with Crippen LogP contribution in [0.2, 0.25) is 0 Å². The van der Waals surface area contributed by atoms with Gasteiger partial charge in [-0.1, -0.05) is 12.1 Å². The van der Waals surface area contributed by atoms with Crippen LogP contribution in [-0.4, -0.2) is 20.3 Å². The molecule has 7 heteroatoms. The fraction of sp³-hybridized carbons (Fsp3) is 0.167. The Morgan fingerprint density at radius 2 is 2.21 bits per heavy atom. The summed E-state index contributed by atoms with van der Waals surface area (Å²) in [5, 5.41) is 10.8.